The predicted molar refractivity (Wildman–Crippen MR) is 83.8 cm³/mol. The van der Waals surface area contributed by atoms with E-state index in [4.69, 9.17) is 4.74 Å². The Balaban J connectivity index is 2.18. The number of carboxylic acids is 1. The maximum absolute atomic E-state index is 11.2. The van der Waals surface area contributed by atoms with Crippen molar-refractivity contribution in [1.82, 2.24) is 0 Å². The van der Waals surface area contributed by atoms with Crippen molar-refractivity contribution < 1.29 is 14.6 Å². The van der Waals surface area contributed by atoms with Gasteiger partial charge in [0.15, 0.2) is 4.88 Å². The molecule has 2 aromatic rings. The van der Waals surface area contributed by atoms with E-state index < -0.39 is 5.97 Å². The van der Waals surface area contributed by atoms with Crippen LogP contribution in [0.2, 0.25) is 0 Å². The smallest absolute Gasteiger partial charge is 0.349 e. The van der Waals surface area contributed by atoms with E-state index in [1.807, 2.05) is 44.2 Å². The molecule has 0 saturated heterocycles. The first-order valence-electron chi connectivity index (χ1n) is 6.21. The van der Waals surface area contributed by atoms with E-state index in [-0.39, 0.29) is 4.88 Å². The van der Waals surface area contributed by atoms with Crippen LogP contribution >= 0.6 is 27.3 Å². The number of rotatable bonds is 5. The molecule has 0 saturated carbocycles. The molecular weight excluding hydrogens is 340 g/mol. The van der Waals surface area contributed by atoms with E-state index in [2.05, 4.69) is 15.9 Å². The summed E-state index contributed by atoms with van der Waals surface area (Å²) in [5.41, 5.74) is 0.994. The van der Waals surface area contributed by atoms with Crippen LogP contribution in [-0.4, -0.2) is 11.1 Å². The van der Waals surface area contributed by atoms with Crippen LogP contribution in [0, 0.1) is 0 Å². The fourth-order valence-corrected chi connectivity index (χ4v) is 3.11. The highest BCUT2D eigenvalue weighted by molar-refractivity contribution is 9.10. The molecule has 5 heteroatoms. The molecule has 0 atom stereocenters. The van der Waals surface area contributed by atoms with Gasteiger partial charge in [0.2, 0.25) is 0 Å². The maximum atomic E-state index is 11.2. The molecule has 1 heterocycles. The van der Waals surface area contributed by atoms with Crippen molar-refractivity contribution >= 4 is 33.2 Å². The Kier molecular flexibility index (Phi) is 4.83. The minimum Gasteiger partial charge on any atom is -0.487 e. The predicted octanol–water partition coefficient (Wildman–Crippen LogP) is 4.91. The highest BCUT2D eigenvalue weighted by atomic mass is 79.9. The highest BCUT2D eigenvalue weighted by Crippen LogP contribution is 2.34. The number of carboxylic acid groups (broad SMARTS) is 1. The van der Waals surface area contributed by atoms with Crippen LogP contribution in [0.15, 0.2) is 34.8 Å². The maximum Gasteiger partial charge on any atom is 0.349 e. The molecule has 1 aromatic heterocycles. The van der Waals surface area contributed by atoms with Gasteiger partial charge in [0.25, 0.3) is 0 Å². The van der Waals surface area contributed by atoms with Crippen LogP contribution in [0.3, 0.4) is 0 Å². The molecule has 0 fully saturated rings. The number of ether oxygens (including phenoxy) is 1. The second kappa shape index (κ2) is 6.41. The molecule has 0 aliphatic rings. The summed E-state index contributed by atoms with van der Waals surface area (Å²) < 4.78 is 6.66. The van der Waals surface area contributed by atoms with Gasteiger partial charge in [0.1, 0.15) is 12.4 Å². The third kappa shape index (κ3) is 3.61. The normalized spacial score (nSPS) is 10.8. The Morgan fingerprint density at radius 1 is 1.40 bits per heavy atom. The van der Waals surface area contributed by atoms with Crippen LogP contribution in [0.1, 0.15) is 39.9 Å². The molecule has 20 heavy (non-hydrogen) atoms. The highest BCUT2D eigenvalue weighted by Gasteiger charge is 2.18. The molecule has 0 aliphatic heterocycles. The SMILES string of the molecule is CC(C)c1cc(OCc2cccc(Br)c2)c(C(=O)O)s1. The van der Waals surface area contributed by atoms with E-state index in [1.54, 1.807) is 0 Å². The molecule has 106 valence electrons. The summed E-state index contributed by atoms with van der Waals surface area (Å²) in [4.78, 5) is 12.5. The second-order valence-electron chi connectivity index (χ2n) is 4.72. The molecule has 2 rings (SSSR count). The van der Waals surface area contributed by atoms with Crippen molar-refractivity contribution in [3.8, 4) is 5.75 Å². The summed E-state index contributed by atoms with van der Waals surface area (Å²) in [6.45, 7) is 4.43. The third-order valence-electron chi connectivity index (χ3n) is 2.76. The fraction of sp³-hybridized carbons (Fsp3) is 0.267. The largest absolute Gasteiger partial charge is 0.487 e. The van der Waals surface area contributed by atoms with Gasteiger partial charge in [-0.15, -0.1) is 11.3 Å². The quantitative estimate of drug-likeness (QED) is 0.829. The lowest BCUT2D eigenvalue weighted by Crippen LogP contribution is -2.00. The molecule has 0 unspecified atom stereocenters. The van der Waals surface area contributed by atoms with E-state index >= 15 is 0 Å². The summed E-state index contributed by atoms with van der Waals surface area (Å²) in [6.07, 6.45) is 0. The van der Waals surface area contributed by atoms with E-state index in [0.717, 1.165) is 14.9 Å². The lowest BCUT2D eigenvalue weighted by Gasteiger charge is -2.06. The van der Waals surface area contributed by atoms with Gasteiger partial charge in [-0.3, -0.25) is 0 Å². The summed E-state index contributed by atoms with van der Waals surface area (Å²) in [7, 11) is 0. The van der Waals surface area contributed by atoms with Crippen molar-refractivity contribution in [3.63, 3.8) is 0 Å². The molecule has 0 aliphatic carbocycles. The minimum absolute atomic E-state index is 0.267. The lowest BCUT2D eigenvalue weighted by molar-refractivity contribution is 0.0697. The molecule has 3 nitrogen and oxygen atoms in total. The van der Waals surface area contributed by atoms with Crippen LogP contribution in [-0.2, 0) is 6.61 Å². The zero-order chi connectivity index (χ0) is 14.7. The number of hydrogen-bond acceptors (Lipinski definition) is 3. The Morgan fingerprint density at radius 2 is 2.15 bits per heavy atom. The Labute approximate surface area is 130 Å². The van der Waals surface area contributed by atoms with E-state index in [0.29, 0.717) is 18.3 Å². The Morgan fingerprint density at radius 3 is 2.75 bits per heavy atom. The van der Waals surface area contributed by atoms with Crippen LogP contribution in [0.5, 0.6) is 5.75 Å². The third-order valence-corrected chi connectivity index (χ3v) is 4.66. The van der Waals surface area contributed by atoms with Crippen molar-refractivity contribution in [3.05, 3.63) is 50.1 Å². The Bertz CT molecular complexity index is 619. The van der Waals surface area contributed by atoms with Gasteiger partial charge < -0.3 is 9.84 Å². The van der Waals surface area contributed by atoms with Crippen molar-refractivity contribution in [2.75, 3.05) is 0 Å². The van der Waals surface area contributed by atoms with Crippen molar-refractivity contribution in [1.29, 1.82) is 0 Å². The average molecular weight is 355 g/mol. The summed E-state index contributed by atoms with van der Waals surface area (Å²) in [5, 5.41) is 9.22. The molecule has 0 amide bonds. The van der Waals surface area contributed by atoms with Gasteiger partial charge in [0.05, 0.1) is 0 Å². The number of carbonyl (C=O) groups is 1. The number of benzene rings is 1. The summed E-state index contributed by atoms with van der Waals surface area (Å²) in [5.74, 6) is -0.196. The Hall–Kier alpha value is -1.33. The summed E-state index contributed by atoms with van der Waals surface area (Å²) in [6, 6.07) is 9.59. The summed E-state index contributed by atoms with van der Waals surface area (Å²) >= 11 is 4.68. The van der Waals surface area contributed by atoms with Gasteiger partial charge in [0, 0.05) is 9.35 Å². The number of halogens is 1. The van der Waals surface area contributed by atoms with Crippen LogP contribution < -0.4 is 4.74 Å². The zero-order valence-corrected chi connectivity index (χ0v) is 13.6. The van der Waals surface area contributed by atoms with Gasteiger partial charge in [-0.1, -0.05) is 41.9 Å². The van der Waals surface area contributed by atoms with Gasteiger partial charge >= 0.3 is 5.97 Å². The van der Waals surface area contributed by atoms with Gasteiger partial charge in [-0.05, 0) is 29.7 Å². The monoisotopic (exact) mass is 354 g/mol. The zero-order valence-electron chi connectivity index (χ0n) is 11.2. The first-order chi connectivity index (χ1) is 9.47. The van der Waals surface area contributed by atoms with E-state index in [1.165, 1.54) is 11.3 Å². The molecule has 0 radical (unpaired) electrons. The number of thiophene rings is 1. The number of hydrogen-bond donors (Lipinski definition) is 1. The minimum atomic E-state index is -0.939. The molecule has 0 spiro atoms. The van der Waals surface area contributed by atoms with Crippen molar-refractivity contribution in [2.45, 2.75) is 26.4 Å². The van der Waals surface area contributed by atoms with Gasteiger partial charge in [-0.2, -0.15) is 0 Å². The second-order valence-corrected chi connectivity index (χ2v) is 6.72. The van der Waals surface area contributed by atoms with Gasteiger partial charge in [-0.25, -0.2) is 4.79 Å². The topological polar surface area (TPSA) is 46.5 Å². The first-order valence-corrected chi connectivity index (χ1v) is 7.82. The van der Waals surface area contributed by atoms with Crippen molar-refractivity contribution in [2.24, 2.45) is 0 Å². The van der Waals surface area contributed by atoms with E-state index in [9.17, 15) is 9.90 Å². The number of aromatic carboxylic acids is 1. The van der Waals surface area contributed by atoms with Crippen LogP contribution in [0.25, 0.3) is 0 Å². The molecule has 1 N–H and O–H groups in total. The lowest BCUT2D eigenvalue weighted by atomic mass is 10.2. The molecule has 0 bridgehead atoms. The van der Waals surface area contributed by atoms with Crippen LogP contribution in [0.4, 0.5) is 0 Å². The molecule has 1 aromatic carbocycles. The standard InChI is InChI=1S/C15H15BrO3S/c1-9(2)13-7-12(14(20-13)15(17)18)19-8-10-4-3-5-11(16)6-10/h3-7,9H,8H2,1-2H3,(H,17,18). The fourth-order valence-electron chi connectivity index (χ4n) is 1.72. The average Bonchev–Trinajstić information content (AvgIpc) is 2.81. The first kappa shape index (κ1) is 15.1. The molecular formula is C15H15BrO3S.